The van der Waals surface area contributed by atoms with Crippen LogP contribution in [0.2, 0.25) is 0 Å². The highest BCUT2D eigenvalue weighted by molar-refractivity contribution is 7.89. The Kier molecular flexibility index (Phi) is 21.6. The van der Waals surface area contributed by atoms with Crippen molar-refractivity contribution in [3.05, 3.63) is 146 Å². The molecule has 6 aromatic rings. The largest absolute Gasteiger partial charge is 0.465 e. The van der Waals surface area contributed by atoms with E-state index in [2.05, 4.69) is 92.5 Å². The Morgan fingerprint density at radius 1 is 0.468 bits per heavy atom. The van der Waals surface area contributed by atoms with E-state index in [0.717, 1.165) is 109 Å². The Labute approximate surface area is 659 Å². The van der Waals surface area contributed by atoms with Crippen LogP contribution in [0.5, 0.6) is 0 Å². The number of nitrogens with zero attached hydrogens (tertiary/aromatic N) is 9. The number of esters is 1. The SMILES string of the molecule is CCOC(=O)CN1CCc2c(c(C(=O)NC3C4(C)CCC(C4)C3(C)C)nn2C2CCCCC2)C1.Cc1ccc(S(=O)(=O)N2CCc3c(c(C(=O)NC4C5(C)CCC(C5)C4(C)C)nn3C3CCCCC3)C2)cc1.Cc1ccc(S(=O)(=O)N2CCc3c(c(C(=O)NC4C5(C)CCC(C5)C4(C)C)nn3Cc3ccccc3)C2)cc1. The highest BCUT2D eigenvalue weighted by Crippen LogP contribution is 2.65. The molecule has 3 aromatic carbocycles. The zero-order valence-corrected chi connectivity index (χ0v) is 69.7. The molecule has 3 aromatic heterocycles. The van der Waals surface area contributed by atoms with E-state index in [4.69, 9.17) is 20.0 Å². The van der Waals surface area contributed by atoms with Crippen LogP contribution < -0.4 is 16.0 Å². The minimum absolute atomic E-state index is 0.0101. The first-order valence-corrected chi connectivity index (χ1v) is 44.9. The van der Waals surface area contributed by atoms with Gasteiger partial charge in [0.15, 0.2) is 17.1 Å². The average molecular weight is 1560 g/mol. The first-order chi connectivity index (χ1) is 52.7. The van der Waals surface area contributed by atoms with E-state index in [0.29, 0.717) is 91.4 Å². The normalized spacial score (nSPS) is 28.6. The number of carbonyl (C=O) groups is 4. The van der Waals surface area contributed by atoms with Gasteiger partial charge in [-0.2, -0.15) is 23.9 Å². The molecule has 3 amide bonds. The second-order valence-electron chi connectivity index (χ2n) is 38.0. The topological polar surface area (TPSA) is 245 Å². The van der Waals surface area contributed by atoms with Gasteiger partial charge >= 0.3 is 5.97 Å². The third kappa shape index (κ3) is 14.8. The van der Waals surface area contributed by atoms with E-state index in [9.17, 15) is 36.0 Å². The molecular weight excluding hydrogens is 1430 g/mol. The number of fused-ring (bicyclic) bond motifs is 9. The van der Waals surface area contributed by atoms with Crippen molar-refractivity contribution in [3.63, 3.8) is 0 Å². The Morgan fingerprint density at radius 3 is 1.24 bits per heavy atom. The van der Waals surface area contributed by atoms with Crippen LogP contribution in [0.3, 0.4) is 0 Å². The third-order valence-electron chi connectivity index (χ3n) is 29.6. The summed E-state index contributed by atoms with van der Waals surface area (Å²) in [6, 6.07) is 25.0. The molecule has 0 radical (unpaired) electrons. The van der Waals surface area contributed by atoms with Gasteiger partial charge in [-0.1, -0.05) is 167 Å². The molecule has 8 saturated carbocycles. The van der Waals surface area contributed by atoms with E-state index in [1.165, 1.54) is 84.9 Å². The monoisotopic (exact) mass is 1550 g/mol. The number of sulfonamides is 2. The third-order valence-corrected chi connectivity index (χ3v) is 33.3. The maximum atomic E-state index is 14.0. The van der Waals surface area contributed by atoms with Gasteiger partial charge in [-0.05, 0) is 184 Å². The lowest BCUT2D eigenvalue weighted by Gasteiger charge is -2.43. The van der Waals surface area contributed by atoms with Crippen molar-refractivity contribution < 1.29 is 40.8 Å². The van der Waals surface area contributed by atoms with Gasteiger partial charge in [0, 0.05) is 110 Å². The van der Waals surface area contributed by atoms with Crippen LogP contribution in [0.4, 0.5) is 0 Å². The van der Waals surface area contributed by atoms with Gasteiger partial charge < -0.3 is 20.7 Å². The van der Waals surface area contributed by atoms with Crippen LogP contribution in [0.1, 0.15) is 285 Å². The van der Waals surface area contributed by atoms with Crippen LogP contribution in [0.25, 0.3) is 0 Å². The van der Waals surface area contributed by atoms with Crippen molar-refractivity contribution in [2.45, 2.75) is 291 Å². The molecule has 600 valence electrons. The summed E-state index contributed by atoms with van der Waals surface area (Å²) in [6.45, 7) is 30.1. The number of nitrogens with one attached hydrogen (secondary N) is 3. The van der Waals surface area contributed by atoms with Gasteiger partial charge in [0.2, 0.25) is 20.0 Å². The first-order valence-electron chi connectivity index (χ1n) is 42.0. The number of rotatable bonds is 17. The lowest BCUT2D eigenvalue weighted by Crippen LogP contribution is -2.52. The van der Waals surface area contributed by atoms with Crippen LogP contribution in [0, 0.1) is 64.1 Å². The average Bonchev–Trinajstić information content (AvgIpc) is 1.58. The standard InChI is InChI=1S/C31H38N4O3S.C30H42N4O3S.C27H42N4O3/c1-21-10-12-24(13-11-21)39(37,38)34-17-15-26-25(20-34)27(33-35(26)19-22-8-6-5-7-9-22)28(36)32-29-30(2,3)23-14-16-31(29,4)18-23;1-20-10-12-23(13-11-20)38(36,37)33-17-15-25-24(19-33)26(32-34(25)22-8-6-5-7-9-22)27(35)31-28-29(2,3)21-14-16-30(28,4)18-21;1-5-34-22(32)17-30-14-12-21-20(16-30)23(29-31(21)19-9-7-6-8-10-19)24(33)28-25-26(2,3)18-11-13-27(25,4)15-18/h5-13,23,29H,14-20H2,1-4H3,(H,32,36);10-13,21-22,28H,5-9,14-19H2,1-4H3,(H,31,35);18-19,25H,5-17H2,1-4H3,(H,28,33). The molecule has 111 heavy (non-hydrogen) atoms. The Bertz CT molecular complexity index is 4710. The van der Waals surface area contributed by atoms with E-state index >= 15 is 0 Å². The van der Waals surface area contributed by atoms with Crippen molar-refractivity contribution in [1.29, 1.82) is 0 Å². The first kappa shape index (κ1) is 79.2. The van der Waals surface area contributed by atoms with Crippen molar-refractivity contribution in [2.24, 2.45) is 50.2 Å². The van der Waals surface area contributed by atoms with Gasteiger partial charge in [-0.3, -0.25) is 38.1 Å². The van der Waals surface area contributed by atoms with Gasteiger partial charge in [0.25, 0.3) is 17.7 Å². The molecule has 21 nitrogen and oxygen atoms in total. The quantitative estimate of drug-likeness (QED) is 0.0720. The van der Waals surface area contributed by atoms with Gasteiger partial charge in [0.05, 0.1) is 41.6 Å². The molecule has 3 N–H and O–H groups in total. The van der Waals surface area contributed by atoms with Crippen LogP contribution >= 0.6 is 0 Å². The molecule has 9 atom stereocenters. The summed E-state index contributed by atoms with van der Waals surface area (Å²) >= 11 is 0. The summed E-state index contributed by atoms with van der Waals surface area (Å²) in [4.78, 5) is 56.6. The summed E-state index contributed by atoms with van der Waals surface area (Å²) in [5.41, 5.74) is 10.7. The summed E-state index contributed by atoms with van der Waals surface area (Å²) in [6.07, 6.45) is 24.3. The molecule has 17 rings (SSSR count). The van der Waals surface area contributed by atoms with E-state index in [1.54, 1.807) is 24.3 Å². The van der Waals surface area contributed by atoms with Crippen LogP contribution in [-0.2, 0) is 75.0 Å². The van der Waals surface area contributed by atoms with Gasteiger partial charge in [0.1, 0.15) is 0 Å². The van der Waals surface area contributed by atoms with E-state index in [-0.39, 0.29) is 105 Å². The fourth-order valence-electron chi connectivity index (χ4n) is 23.3. The number of aryl methyl sites for hydroxylation is 2. The number of hydrogen-bond acceptors (Lipinski definition) is 13. The van der Waals surface area contributed by atoms with Crippen LogP contribution in [-0.4, -0.2) is 134 Å². The predicted octanol–water partition coefficient (Wildman–Crippen LogP) is 14.6. The van der Waals surface area contributed by atoms with Crippen molar-refractivity contribution in [1.82, 2.24) is 58.8 Å². The maximum Gasteiger partial charge on any atom is 0.320 e. The minimum atomic E-state index is -3.71. The van der Waals surface area contributed by atoms with Crippen molar-refractivity contribution >= 4 is 43.7 Å². The molecule has 23 heteroatoms. The molecule has 0 saturated heterocycles. The van der Waals surface area contributed by atoms with Crippen molar-refractivity contribution in [3.8, 4) is 0 Å². The summed E-state index contributed by atoms with van der Waals surface area (Å²) in [5, 5.41) is 25.1. The molecule has 9 unspecified atom stereocenters. The summed E-state index contributed by atoms with van der Waals surface area (Å²) in [7, 11) is -7.38. The summed E-state index contributed by atoms with van der Waals surface area (Å²) < 4.78 is 68.7. The maximum absolute atomic E-state index is 14.0. The van der Waals surface area contributed by atoms with Crippen molar-refractivity contribution in [2.75, 3.05) is 32.8 Å². The molecular formula is C88H122N12O9S2. The zero-order chi connectivity index (χ0) is 78.5. The van der Waals surface area contributed by atoms with E-state index < -0.39 is 20.0 Å². The highest BCUT2D eigenvalue weighted by Gasteiger charge is 2.63. The summed E-state index contributed by atoms with van der Waals surface area (Å²) in [5.74, 6) is 1.34. The molecule has 3 aliphatic heterocycles. The molecule has 8 aliphatic carbocycles. The number of amides is 3. The van der Waals surface area contributed by atoms with Gasteiger partial charge in [-0.15, -0.1) is 0 Å². The fraction of sp³-hybridized carbons (Fsp3) is 0.648. The minimum Gasteiger partial charge on any atom is -0.465 e. The smallest absolute Gasteiger partial charge is 0.320 e. The molecule has 11 aliphatic rings. The Morgan fingerprint density at radius 2 is 0.847 bits per heavy atom. The Hall–Kier alpha value is -7.05. The molecule has 8 fully saturated rings. The molecule has 6 heterocycles. The van der Waals surface area contributed by atoms with Gasteiger partial charge in [-0.25, -0.2) is 16.8 Å². The second kappa shape index (κ2) is 30.3. The molecule has 0 spiro atoms. The number of ether oxygens (including phenoxy) is 1. The predicted molar refractivity (Wildman–Crippen MR) is 428 cm³/mol. The number of hydrogen-bond donors (Lipinski definition) is 3. The van der Waals surface area contributed by atoms with Crippen LogP contribution in [0.15, 0.2) is 88.7 Å². The number of carbonyl (C=O) groups excluding carboxylic acids is 4. The number of benzene rings is 3. The second-order valence-corrected chi connectivity index (χ2v) is 41.8. The fourth-order valence-corrected chi connectivity index (χ4v) is 26.1. The van der Waals surface area contributed by atoms with E-state index in [1.807, 2.05) is 80.1 Å². The molecule has 6 bridgehead atoms. The highest BCUT2D eigenvalue weighted by atomic mass is 32.2. The number of aromatic nitrogens is 6. The zero-order valence-electron chi connectivity index (χ0n) is 68.1. The lowest BCUT2D eigenvalue weighted by atomic mass is 9.68. The Balaban J connectivity index is 0.000000132. The lowest BCUT2D eigenvalue weighted by molar-refractivity contribution is -0.144.